The van der Waals surface area contributed by atoms with Gasteiger partial charge in [-0.15, -0.1) is 0 Å². The molecule has 0 unspecified atom stereocenters. The summed E-state index contributed by atoms with van der Waals surface area (Å²) in [5.74, 6) is 0. The van der Waals surface area contributed by atoms with Gasteiger partial charge in [-0.2, -0.15) is 0 Å². The summed E-state index contributed by atoms with van der Waals surface area (Å²) in [5.41, 5.74) is 16.7. The van der Waals surface area contributed by atoms with Crippen molar-refractivity contribution >= 4 is 104 Å². The summed E-state index contributed by atoms with van der Waals surface area (Å²) in [6.45, 7) is 0. The number of hydrogen-bond acceptors (Lipinski definition) is 1. The van der Waals surface area contributed by atoms with Crippen molar-refractivity contribution in [2.75, 3.05) is 4.90 Å². The van der Waals surface area contributed by atoms with Crippen molar-refractivity contribution in [1.29, 1.82) is 0 Å². The van der Waals surface area contributed by atoms with Crippen molar-refractivity contribution in [3.63, 3.8) is 0 Å². The Morgan fingerprint density at radius 2 is 0.380 bits per heavy atom. The van der Waals surface area contributed by atoms with E-state index in [1.807, 2.05) is 0 Å². The van der Waals surface area contributed by atoms with E-state index in [0.29, 0.717) is 0 Å². The highest BCUT2D eigenvalue weighted by Gasteiger charge is 2.23. The molecule has 0 aliphatic heterocycles. The van der Waals surface area contributed by atoms with Crippen LogP contribution in [0.1, 0.15) is 0 Å². The Morgan fingerprint density at radius 1 is 0.183 bits per heavy atom. The van der Waals surface area contributed by atoms with Gasteiger partial charge in [0.25, 0.3) is 0 Å². The topological polar surface area (TPSA) is 23.0 Å². The molecule has 0 radical (unpaired) electrons. The van der Waals surface area contributed by atoms with E-state index in [-0.39, 0.29) is 0 Å². The predicted octanol–water partition coefficient (Wildman–Crippen LogP) is 17.5. The summed E-state index contributed by atoms with van der Waals surface area (Å²) in [6, 6.07) is 95.6. The lowest BCUT2D eigenvalue weighted by atomic mass is 10.1. The second kappa shape index (κ2) is 15.5. The molecule has 0 bridgehead atoms. The molecule has 5 nitrogen and oxygen atoms in total. The quantitative estimate of drug-likeness (QED) is 0.156. The fourth-order valence-electron chi connectivity index (χ4n) is 11.8. The van der Waals surface area contributed by atoms with E-state index in [1.54, 1.807) is 0 Å². The minimum atomic E-state index is 1.03. The lowest BCUT2D eigenvalue weighted by Crippen LogP contribution is -2.13. The van der Waals surface area contributed by atoms with Gasteiger partial charge in [0.2, 0.25) is 0 Å². The molecule has 15 rings (SSSR count). The van der Waals surface area contributed by atoms with Gasteiger partial charge in [-0.3, -0.25) is 0 Å². The molecule has 0 spiro atoms. The molecule has 5 heteroatoms. The highest BCUT2D eigenvalue weighted by molar-refractivity contribution is 6.13. The lowest BCUT2D eigenvalue weighted by Gasteiger charge is -2.29. The average molecular weight is 906 g/mol. The molecule has 71 heavy (non-hydrogen) atoms. The van der Waals surface area contributed by atoms with E-state index in [2.05, 4.69) is 284 Å². The number of aromatic nitrogens is 4. The molecule has 0 aliphatic rings. The van der Waals surface area contributed by atoms with Gasteiger partial charge in [-0.1, -0.05) is 164 Å². The van der Waals surface area contributed by atoms with Gasteiger partial charge in [0.1, 0.15) is 0 Å². The Kier molecular flexibility index (Phi) is 8.59. The predicted molar refractivity (Wildman–Crippen MR) is 298 cm³/mol. The van der Waals surface area contributed by atoms with Gasteiger partial charge in [-0.05, 0) is 97.1 Å². The van der Waals surface area contributed by atoms with Gasteiger partial charge in [-0.25, -0.2) is 0 Å². The van der Waals surface area contributed by atoms with Crippen molar-refractivity contribution in [3.05, 3.63) is 261 Å². The first-order chi connectivity index (χ1) is 35.2. The molecule has 15 aromatic rings. The Bertz CT molecular complexity index is 3850. The third-order valence-electron chi connectivity index (χ3n) is 14.7. The molecule has 0 atom stereocenters. The fraction of sp³-hybridized carbons (Fsp3) is 0. The highest BCUT2D eigenvalue weighted by Crippen LogP contribution is 2.44. The van der Waals surface area contributed by atoms with Crippen LogP contribution in [0.15, 0.2) is 261 Å². The Balaban J connectivity index is 1.08. The SMILES string of the molecule is c1ccc(N(c2cc(-n3c4ccccc4c4ccccc43)cc(-n3c4ccccc4c4ccccc43)c2)c2cc(-n3c4ccccc4c4ccccc43)cc(-n3c4ccccc4c4ccccc43)c2)cc1. The Labute approximate surface area is 409 Å². The van der Waals surface area contributed by atoms with E-state index in [9.17, 15) is 0 Å². The van der Waals surface area contributed by atoms with Crippen LogP contribution in [0.25, 0.3) is 110 Å². The Morgan fingerprint density at radius 3 is 0.606 bits per heavy atom. The minimum absolute atomic E-state index is 1.03. The second-order valence-corrected chi connectivity index (χ2v) is 18.6. The molecule has 4 heterocycles. The smallest absolute Gasteiger partial charge is 0.0541 e. The maximum atomic E-state index is 2.46. The van der Waals surface area contributed by atoms with Crippen molar-refractivity contribution in [2.24, 2.45) is 0 Å². The van der Waals surface area contributed by atoms with Crippen molar-refractivity contribution in [1.82, 2.24) is 18.3 Å². The number of nitrogens with zero attached hydrogens (tertiary/aromatic N) is 5. The van der Waals surface area contributed by atoms with E-state index in [4.69, 9.17) is 0 Å². The van der Waals surface area contributed by atoms with E-state index >= 15 is 0 Å². The average Bonchev–Trinajstić information content (AvgIpc) is 4.16. The molecule has 0 fully saturated rings. The number of anilines is 3. The lowest BCUT2D eigenvalue weighted by molar-refractivity contribution is 1.11. The summed E-state index contributed by atoms with van der Waals surface area (Å²) in [5, 5.41) is 9.79. The zero-order valence-corrected chi connectivity index (χ0v) is 38.6. The molecule has 4 aromatic heterocycles. The fourth-order valence-corrected chi connectivity index (χ4v) is 11.8. The van der Waals surface area contributed by atoms with Crippen LogP contribution < -0.4 is 4.90 Å². The van der Waals surface area contributed by atoms with E-state index in [1.165, 1.54) is 43.1 Å². The van der Waals surface area contributed by atoms with Crippen molar-refractivity contribution in [2.45, 2.75) is 0 Å². The maximum absolute atomic E-state index is 2.46. The van der Waals surface area contributed by atoms with Gasteiger partial charge in [0.15, 0.2) is 0 Å². The van der Waals surface area contributed by atoms with Gasteiger partial charge < -0.3 is 23.2 Å². The second-order valence-electron chi connectivity index (χ2n) is 18.6. The number of rotatable bonds is 7. The van der Waals surface area contributed by atoms with Crippen LogP contribution in [0.5, 0.6) is 0 Å². The maximum Gasteiger partial charge on any atom is 0.0541 e. The summed E-state index contributed by atoms with van der Waals surface area (Å²) in [7, 11) is 0. The van der Waals surface area contributed by atoms with Crippen LogP contribution in [0.3, 0.4) is 0 Å². The summed E-state index contributed by atoms with van der Waals surface area (Å²) < 4.78 is 9.80. The highest BCUT2D eigenvalue weighted by atomic mass is 15.2. The van der Waals surface area contributed by atoms with Crippen LogP contribution in [-0.2, 0) is 0 Å². The summed E-state index contributed by atoms with van der Waals surface area (Å²) in [6.07, 6.45) is 0. The van der Waals surface area contributed by atoms with Gasteiger partial charge >= 0.3 is 0 Å². The zero-order chi connectivity index (χ0) is 46.6. The molecule has 0 aliphatic carbocycles. The molecule has 0 saturated heterocycles. The first kappa shape index (κ1) is 39.4. The molecule has 332 valence electrons. The van der Waals surface area contributed by atoms with Crippen LogP contribution in [-0.4, -0.2) is 18.3 Å². The number of benzene rings is 11. The number of para-hydroxylation sites is 9. The van der Waals surface area contributed by atoms with Gasteiger partial charge in [0.05, 0.1) is 78.3 Å². The normalized spacial score (nSPS) is 11.9. The molecule has 0 N–H and O–H groups in total. The van der Waals surface area contributed by atoms with Crippen LogP contribution >= 0.6 is 0 Å². The van der Waals surface area contributed by atoms with E-state index < -0.39 is 0 Å². The molecular formula is C66H43N5. The molecular weight excluding hydrogens is 863 g/mol. The monoisotopic (exact) mass is 905 g/mol. The summed E-state index contributed by atoms with van der Waals surface area (Å²) >= 11 is 0. The minimum Gasteiger partial charge on any atom is -0.310 e. The van der Waals surface area contributed by atoms with E-state index in [0.717, 1.165) is 83.9 Å². The van der Waals surface area contributed by atoms with Crippen molar-refractivity contribution < 1.29 is 0 Å². The zero-order valence-electron chi connectivity index (χ0n) is 38.6. The first-order valence-corrected chi connectivity index (χ1v) is 24.3. The Hall–Kier alpha value is -9.58. The third kappa shape index (κ3) is 5.93. The van der Waals surface area contributed by atoms with Crippen LogP contribution in [0.2, 0.25) is 0 Å². The largest absolute Gasteiger partial charge is 0.310 e. The van der Waals surface area contributed by atoms with Crippen LogP contribution in [0, 0.1) is 0 Å². The first-order valence-electron chi connectivity index (χ1n) is 24.3. The molecule has 0 saturated carbocycles. The van der Waals surface area contributed by atoms with Crippen molar-refractivity contribution in [3.8, 4) is 22.7 Å². The standard InChI is InChI=1S/C66H43N5/c1-2-20-44(21-3-1)67(45-38-47(68-59-30-12-4-22-51(59)52-23-5-13-31-60(52)68)42-48(39-45)69-61-32-14-6-24-53(61)54-25-7-15-33-62(54)69)46-40-49(70-63-34-16-8-26-55(63)56-27-9-17-35-64(56)70)43-50(41-46)71-65-36-18-10-28-57(65)58-29-11-19-37-66(58)71/h1-43H. The third-order valence-corrected chi connectivity index (χ3v) is 14.7. The molecule has 11 aromatic carbocycles. The number of hydrogen-bond donors (Lipinski definition) is 0. The summed E-state index contributed by atoms with van der Waals surface area (Å²) in [4.78, 5) is 2.46. The van der Waals surface area contributed by atoms with Gasteiger partial charge in [0, 0.05) is 48.8 Å². The molecule has 0 amide bonds. The van der Waals surface area contributed by atoms with Crippen LogP contribution in [0.4, 0.5) is 17.1 Å². The number of fused-ring (bicyclic) bond motifs is 12.